The Balaban J connectivity index is 2.61. The average molecular weight is 310 g/mol. The van der Waals surface area contributed by atoms with Crippen molar-refractivity contribution in [2.24, 2.45) is 0 Å². The summed E-state index contributed by atoms with van der Waals surface area (Å²) < 4.78 is 9.49. The van der Waals surface area contributed by atoms with Crippen molar-refractivity contribution >= 4 is 18.0 Å². The normalized spacial score (nSPS) is 10.6. The lowest BCUT2D eigenvalue weighted by Gasteiger charge is -2.13. The second-order valence-electron chi connectivity index (χ2n) is 4.93. The third-order valence-corrected chi connectivity index (χ3v) is 3.53. The Labute approximate surface area is 135 Å². The Morgan fingerprint density at radius 1 is 0.913 bits per heavy atom. The number of ether oxygens (including phenoxy) is 2. The summed E-state index contributed by atoms with van der Waals surface area (Å²) >= 11 is 0. The minimum Gasteiger partial charge on any atom is -0.466 e. The van der Waals surface area contributed by atoms with Crippen LogP contribution in [0, 0.1) is 6.92 Å². The van der Waals surface area contributed by atoms with Gasteiger partial charge in [-0.1, -0.05) is 36.4 Å². The van der Waals surface area contributed by atoms with Crippen molar-refractivity contribution in [3.05, 3.63) is 65.2 Å². The molecule has 0 aliphatic carbocycles. The van der Waals surface area contributed by atoms with Gasteiger partial charge in [-0.15, -0.1) is 0 Å². The van der Waals surface area contributed by atoms with Crippen LogP contribution in [0.2, 0.25) is 0 Å². The highest BCUT2D eigenvalue weighted by Crippen LogP contribution is 2.30. The SMILES string of the molecule is COC(=O)/C=C/c1c(C)cccc1-c1ccccc1C(=O)OC. The summed E-state index contributed by atoms with van der Waals surface area (Å²) in [6, 6.07) is 13.0. The van der Waals surface area contributed by atoms with Crippen molar-refractivity contribution in [2.45, 2.75) is 6.92 Å². The standard InChI is InChI=1S/C19H18O4/c1-13-7-6-10-15(14(13)11-12-18(20)22-2)16-8-4-5-9-17(16)19(21)23-3/h4-12H,1-3H3/b12-11+. The molecule has 0 aliphatic heterocycles. The lowest BCUT2D eigenvalue weighted by molar-refractivity contribution is -0.134. The first-order chi connectivity index (χ1) is 11.1. The molecule has 0 saturated heterocycles. The van der Waals surface area contributed by atoms with Crippen LogP contribution in [0.5, 0.6) is 0 Å². The summed E-state index contributed by atoms with van der Waals surface area (Å²) in [7, 11) is 2.69. The van der Waals surface area contributed by atoms with E-state index in [4.69, 9.17) is 4.74 Å². The van der Waals surface area contributed by atoms with Crippen LogP contribution in [0.3, 0.4) is 0 Å². The van der Waals surface area contributed by atoms with Gasteiger partial charge >= 0.3 is 11.9 Å². The van der Waals surface area contributed by atoms with E-state index in [0.717, 1.165) is 22.3 Å². The van der Waals surface area contributed by atoms with Crippen molar-refractivity contribution in [2.75, 3.05) is 14.2 Å². The van der Waals surface area contributed by atoms with Gasteiger partial charge in [0.1, 0.15) is 0 Å². The second-order valence-corrected chi connectivity index (χ2v) is 4.93. The van der Waals surface area contributed by atoms with Crippen LogP contribution < -0.4 is 0 Å². The van der Waals surface area contributed by atoms with Crippen LogP contribution >= 0.6 is 0 Å². The molecule has 2 rings (SSSR count). The van der Waals surface area contributed by atoms with Crippen molar-refractivity contribution in [1.82, 2.24) is 0 Å². The Hall–Kier alpha value is -2.88. The third kappa shape index (κ3) is 3.66. The van der Waals surface area contributed by atoms with E-state index in [-0.39, 0.29) is 0 Å². The van der Waals surface area contributed by atoms with Crippen LogP contribution in [0.15, 0.2) is 48.5 Å². The fourth-order valence-electron chi connectivity index (χ4n) is 2.36. The van der Waals surface area contributed by atoms with Crippen LogP contribution in [-0.2, 0) is 14.3 Å². The first-order valence-electron chi connectivity index (χ1n) is 7.12. The molecule has 4 heteroatoms. The van der Waals surface area contributed by atoms with Gasteiger partial charge in [0.25, 0.3) is 0 Å². The van der Waals surface area contributed by atoms with Gasteiger partial charge in [0, 0.05) is 6.08 Å². The molecule has 0 N–H and O–H groups in total. The molecule has 0 amide bonds. The van der Waals surface area contributed by atoms with Crippen LogP contribution in [-0.4, -0.2) is 26.2 Å². The van der Waals surface area contributed by atoms with Gasteiger partial charge in [0.2, 0.25) is 0 Å². The molecule has 0 aromatic heterocycles. The minimum absolute atomic E-state index is 0.398. The number of hydrogen-bond acceptors (Lipinski definition) is 4. The molecule has 0 bridgehead atoms. The Bertz CT molecular complexity index is 760. The van der Waals surface area contributed by atoms with E-state index in [1.54, 1.807) is 18.2 Å². The smallest absolute Gasteiger partial charge is 0.338 e. The lowest BCUT2D eigenvalue weighted by atomic mass is 9.92. The van der Waals surface area contributed by atoms with Gasteiger partial charge in [-0.25, -0.2) is 9.59 Å². The Morgan fingerprint density at radius 3 is 2.30 bits per heavy atom. The molecule has 118 valence electrons. The fraction of sp³-hybridized carbons (Fsp3) is 0.158. The van der Waals surface area contributed by atoms with Crippen molar-refractivity contribution in [3.63, 3.8) is 0 Å². The zero-order valence-electron chi connectivity index (χ0n) is 13.3. The topological polar surface area (TPSA) is 52.6 Å². The first-order valence-corrected chi connectivity index (χ1v) is 7.12. The van der Waals surface area contributed by atoms with E-state index in [2.05, 4.69) is 4.74 Å². The number of benzene rings is 2. The zero-order chi connectivity index (χ0) is 16.8. The number of carbonyl (C=O) groups excluding carboxylic acids is 2. The predicted molar refractivity (Wildman–Crippen MR) is 89.0 cm³/mol. The van der Waals surface area contributed by atoms with Gasteiger partial charge in [-0.05, 0) is 41.3 Å². The van der Waals surface area contributed by atoms with E-state index < -0.39 is 11.9 Å². The number of aryl methyl sites for hydroxylation is 1. The second kappa shape index (κ2) is 7.40. The molecule has 0 unspecified atom stereocenters. The average Bonchev–Trinajstić information content (AvgIpc) is 2.59. The molecule has 0 fully saturated rings. The van der Waals surface area contributed by atoms with Crippen molar-refractivity contribution in [1.29, 1.82) is 0 Å². The molecule has 0 spiro atoms. The quantitative estimate of drug-likeness (QED) is 0.639. The van der Waals surface area contributed by atoms with E-state index in [1.165, 1.54) is 20.3 Å². The van der Waals surface area contributed by atoms with Crippen LogP contribution in [0.25, 0.3) is 17.2 Å². The maximum Gasteiger partial charge on any atom is 0.338 e. The Morgan fingerprint density at radius 2 is 1.61 bits per heavy atom. The zero-order valence-corrected chi connectivity index (χ0v) is 13.3. The summed E-state index contributed by atoms with van der Waals surface area (Å²) in [6.45, 7) is 1.95. The summed E-state index contributed by atoms with van der Waals surface area (Å²) in [6.07, 6.45) is 3.07. The Kier molecular flexibility index (Phi) is 5.31. The maximum absolute atomic E-state index is 12.0. The largest absolute Gasteiger partial charge is 0.466 e. The van der Waals surface area contributed by atoms with E-state index >= 15 is 0 Å². The fourth-order valence-corrected chi connectivity index (χ4v) is 2.36. The minimum atomic E-state index is -0.430. The van der Waals surface area contributed by atoms with Gasteiger partial charge < -0.3 is 9.47 Å². The molecular formula is C19H18O4. The van der Waals surface area contributed by atoms with Crippen LogP contribution in [0.1, 0.15) is 21.5 Å². The van der Waals surface area contributed by atoms with Crippen molar-refractivity contribution < 1.29 is 19.1 Å². The van der Waals surface area contributed by atoms with Gasteiger partial charge in [0.05, 0.1) is 19.8 Å². The summed E-state index contributed by atoms with van der Waals surface area (Å²) in [5, 5.41) is 0. The molecule has 2 aromatic rings. The molecule has 0 saturated carbocycles. The van der Waals surface area contributed by atoms with Crippen LogP contribution in [0.4, 0.5) is 0 Å². The number of rotatable bonds is 4. The maximum atomic E-state index is 12.0. The molecule has 0 aliphatic rings. The van der Waals surface area contributed by atoms with E-state index in [9.17, 15) is 9.59 Å². The van der Waals surface area contributed by atoms with Crippen molar-refractivity contribution in [3.8, 4) is 11.1 Å². The molecule has 0 radical (unpaired) electrons. The third-order valence-electron chi connectivity index (χ3n) is 3.53. The highest BCUT2D eigenvalue weighted by atomic mass is 16.5. The van der Waals surface area contributed by atoms with Gasteiger partial charge in [-0.2, -0.15) is 0 Å². The molecule has 2 aromatic carbocycles. The predicted octanol–water partition coefficient (Wildman–Crippen LogP) is 3.63. The lowest BCUT2D eigenvalue weighted by Crippen LogP contribution is -2.04. The molecule has 23 heavy (non-hydrogen) atoms. The number of esters is 2. The van der Waals surface area contributed by atoms with E-state index in [0.29, 0.717) is 5.56 Å². The van der Waals surface area contributed by atoms with Gasteiger partial charge in [0.15, 0.2) is 0 Å². The van der Waals surface area contributed by atoms with Gasteiger partial charge in [-0.3, -0.25) is 0 Å². The monoisotopic (exact) mass is 310 g/mol. The highest BCUT2D eigenvalue weighted by Gasteiger charge is 2.15. The van der Waals surface area contributed by atoms with E-state index in [1.807, 2.05) is 37.3 Å². The molecule has 0 atom stereocenters. The highest BCUT2D eigenvalue weighted by molar-refractivity contribution is 5.99. The molecule has 0 heterocycles. The summed E-state index contributed by atoms with van der Waals surface area (Å²) in [5.74, 6) is -0.828. The number of carbonyl (C=O) groups is 2. The molecule has 4 nitrogen and oxygen atoms in total. The summed E-state index contributed by atoms with van der Waals surface area (Å²) in [5.41, 5.74) is 3.93. The number of methoxy groups -OCH3 is 2. The first kappa shape index (κ1) is 16.5. The summed E-state index contributed by atoms with van der Waals surface area (Å²) in [4.78, 5) is 23.4. The number of hydrogen-bond donors (Lipinski definition) is 0. The molecular weight excluding hydrogens is 292 g/mol.